The van der Waals surface area contributed by atoms with Gasteiger partial charge in [-0.3, -0.25) is 0 Å². The molecule has 0 saturated carbocycles. The number of nitrogens with two attached hydrogens (primary N) is 1. The summed E-state index contributed by atoms with van der Waals surface area (Å²) in [6.07, 6.45) is 0.656. The molecule has 2 atom stereocenters. The van der Waals surface area contributed by atoms with Gasteiger partial charge in [-0.1, -0.05) is 59.1 Å². The molecule has 25 heavy (non-hydrogen) atoms. The van der Waals surface area contributed by atoms with Crippen LogP contribution in [0.25, 0.3) is 0 Å². The molecule has 0 amide bonds. The van der Waals surface area contributed by atoms with E-state index in [1.807, 2.05) is 42.5 Å². The maximum atomic E-state index is 6.44. The number of hydrogen-bond acceptors (Lipinski definition) is 4. The predicted molar refractivity (Wildman–Crippen MR) is 101 cm³/mol. The minimum absolute atomic E-state index is 0.0675. The Kier molecular flexibility index (Phi) is 4.23. The summed E-state index contributed by atoms with van der Waals surface area (Å²) in [6, 6.07) is 12.9. The van der Waals surface area contributed by atoms with Crippen LogP contribution < -0.4 is 11.1 Å². The highest BCUT2D eigenvalue weighted by molar-refractivity contribution is 6.36. The minimum atomic E-state index is -0.205. The summed E-state index contributed by atoms with van der Waals surface area (Å²) in [5.74, 6) is 0.755. The third-order valence-corrected chi connectivity index (χ3v) is 5.32. The number of halogens is 3. The van der Waals surface area contributed by atoms with Gasteiger partial charge in [-0.05, 0) is 30.2 Å². The van der Waals surface area contributed by atoms with Gasteiger partial charge >= 0.3 is 0 Å². The van der Waals surface area contributed by atoms with E-state index in [1.165, 1.54) is 0 Å². The molecule has 1 aromatic heterocycles. The lowest BCUT2D eigenvalue weighted by molar-refractivity contribution is 0.432. The molecule has 0 bridgehead atoms. The summed E-state index contributed by atoms with van der Waals surface area (Å²) in [5, 5.41) is 9.51. The number of aromatic nitrogens is 3. The first-order valence-corrected chi connectivity index (χ1v) is 8.85. The monoisotopic (exact) mass is 393 g/mol. The van der Waals surface area contributed by atoms with Crippen molar-refractivity contribution in [3.8, 4) is 0 Å². The highest BCUT2D eigenvalue weighted by Gasteiger charge is 2.33. The summed E-state index contributed by atoms with van der Waals surface area (Å²) in [4.78, 5) is 4.28. The maximum Gasteiger partial charge on any atom is 0.241 e. The van der Waals surface area contributed by atoms with Crippen LogP contribution in [0.2, 0.25) is 15.1 Å². The van der Waals surface area contributed by atoms with E-state index in [0.717, 1.165) is 11.1 Å². The molecular weight excluding hydrogens is 381 g/mol. The first-order chi connectivity index (χ1) is 12.0. The predicted octanol–water partition coefficient (Wildman–Crippen LogP) is 4.97. The van der Waals surface area contributed by atoms with E-state index < -0.39 is 0 Å². The first kappa shape index (κ1) is 16.5. The molecule has 3 aromatic rings. The molecule has 0 aliphatic carbocycles. The summed E-state index contributed by atoms with van der Waals surface area (Å²) in [5.41, 5.74) is 7.59. The highest BCUT2D eigenvalue weighted by atomic mass is 35.5. The molecule has 8 heteroatoms. The molecule has 0 unspecified atom stereocenters. The molecule has 0 spiro atoms. The maximum absolute atomic E-state index is 6.44. The van der Waals surface area contributed by atoms with Gasteiger partial charge in [0.1, 0.15) is 0 Å². The molecule has 0 radical (unpaired) electrons. The van der Waals surface area contributed by atoms with Crippen LogP contribution >= 0.6 is 34.8 Å². The Morgan fingerprint density at radius 3 is 2.40 bits per heavy atom. The average Bonchev–Trinajstić information content (AvgIpc) is 2.95. The van der Waals surface area contributed by atoms with Crippen LogP contribution in [0.1, 0.15) is 29.6 Å². The van der Waals surface area contributed by atoms with Crippen LogP contribution in [-0.2, 0) is 0 Å². The molecule has 1 aliphatic rings. The molecule has 0 saturated heterocycles. The zero-order valence-electron chi connectivity index (χ0n) is 13.0. The lowest BCUT2D eigenvalue weighted by atomic mass is 9.93. The number of nitrogens with one attached hydrogen (secondary N) is 1. The van der Waals surface area contributed by atoms with Crippen molar-refractivity contribution in [1.29, 1.82) is 0 Å². The summed E-state index contributed by atoms with van der Waals surface area (Å²) < 4.78 is 1.73. The van der Waals surface area contributed by atoms with Gasteiger partial charge in [-0.2, -0.15) is 4.98 Å². The number of rotatable bonds is 2. The van der Waals surface area contributed by atoms with E-state index >= 15 is 0 Å². The van der Waals surface area contributed by atoms with Crippen LogP contribution in [0.4, 0.5) is 11.9 Å². The Hall–Kier alpha value is -1.95. The zero-order chi connectivity index (χ0) is 17.6. The Morgan fingerprint density at radius 2 is 1.68 bits per heavy atom. The molecular formula is C17H14Cl3N5. The van der Waals surface area contributed by atoms with Gasteiger partial charge in [0.25, 0.3) is 0 Å². The quantitative estimate of drug-likeness (QED) is 0.644. The van der Waals surface area contributed by atoms with Crippen molar-refractivity contribution in [1.82, 2.24) is 14.8 Å². The summed E-state index contributed by atoms with van der Waals surface area (Å²) in [7, 11) is 0. The van der Waals surface area contributed by atoms with Crippen LogP contribution in [0.3, 0.4) is 0 Å². The molecule has 5 nitrogen and oxygen atoms in total. The molecule has 3 N–H and O–H groups in total. The van der Waals surface area contributed by atoms with Crippen molar-refractivity contribution < 1.29 is 0 Å². The van der Waals surface area contributed by atoms with Crippen molar-refractivity contribution in [3.63, 3.8) is 0 Å². The van der Waals surface area contributed by atoms with E-state index in [-0.39, 0.29) is 18.0 Å². The third kappa shape index (κ3) is 2.92. The lowest BCUT2D eigenvalue weighted by Gasteiger charge is -2.32. The van der Waals surface area contributed by atoms with Gasteiger partial charge in [-0.15, -0.1) is 5.10 Å². The first-order valence-electron chi connectivity index (χ1n) is 7.71. The Labute approximate surface area is 159 Å². The van der Waals surface area contributed by atoms with Crippen molar-refractivity contribution >= 4 is 46.7 Å². The Balaban J connectivity index is 1.84. The van der Waals surface area contributed by atoms with Crippen LogP contribution in [-0.4, -0.2) is 14.8 Å². The number of nitrogens with zero attached hydrogens (tertiary/aromatic N) is 3. The molecule has 0 fully saturated rings. The van der Waals surface area contributed by atoms with Gasteiger partial charge < -0.3 is 11.1 Å². The number of benzene rings is 2. The fraction of sp³-hybridized carbons (Fsp3) is 0.176. The normalized spacial score (nSPS) is 19.3. The van der Waals surface area contributed by atoms with Crippen molar-refractivity contribution in [2.24, 2.45) is 0 Å². The smallest absolute Gasteiger partial charge is 0.241 e. The van der Waals surface area contributed by atoms with Crippen LogP contribution in [0.5, 0.6) is 0 Å². The van der Waals surface area contributed by atoms with E-state index in [2.05, 4.69) is 15.4 Å². The Morgan fingerprint density at radius 1 is 1.00 bits per heavy atom. The van der Waals surface area contributed by atoms with Crippen molar-refractivity contribution in [2.75, 3.05) is 11.1 Å². The van der Waals surface area contributed by atoms with E-state index in [9.17, 15) is 0 Å². The van der Waals surface area contributed by atoms with Gasteiger partial charge in [-0.25, -0.2) is 4.68 Å². The molecule has 4 rings (SSSR count). The number of hydrogen-bond donors (Lipinski definition) is 2. The van der Waals surface area contributed by atoms with Gasteiger partial charge in [0, 0.05) is 20.6 Å². The highest BCUT2D eigenvalue weighted by Crippen LogP contribution is 2.43. The third-order valence-electron chi connectivity index (χ3n) is 4.32. The van der Waals surface area contributed by atoms with Gasteiger partial charge in [0.2, 0.25) is 11.9 Å². The Bertz CT molecular complexity index is 920. The number of fused-ring (bicyclic) bond motifs is 1. The molecule has 2 heterocycles. The van der Waals surface area contributed by atoms with E-state index in [0.29, 0.717) is 27.4 Å². The van der Waals surface area contributed by atoms with Crippen molar-refractivity contribution in [2.45, 2.75) is 18.5 Å². The minimum Gasteiger partial charge on any atom is -0.366 e. The number of nitrogen functional groups attached to an aromatic ring is 1. The summed E-state index contributed by atoms with van der Waals surface area (Å²) in [6.45, 7) is 0. The van der Waals surface area contributed by atoms with Gasteiger partial charge in [0.05, 0.1) is 12.1 Å². The standard InChI is InChI=1S/C17H14Cl3N5/c18-10-5-2-1-4-9(10)13-8-14(15-11(19)6-3-7-12(15)20)25-17(22-13)23-16(21)24-25/h1-7,13-14H,8H2,(H3,21,22,23,24)/t13-,14+/m0/s1. The fourth-order valence-corrected chi connectivity index (χ4v) is 4.14. The second-order valence-electron chi connectivity index (χ2n) is 5.84. The SMILES string of the molecule is Nc1nc2n(n1)[C@@H](c1c(Cl)cccc1Cl)C[C@@H](c1ccccc1Cl)N2. The lowest BCUT2D eigenvalue weighted by Crippen LogP contribution is -2.28. The topological polar surface area (TPSA) is 68.8 Å². The molecule has 128 valence electrons. The second kappa shape index (κ2) is 6.41. The van der Waals surface area contributed by atoms with E-state index in [1.54, 1.807) is 4.68 Å². The molecule has 2 aromatic carbocycles. The average molecular weight is 395 g/mol. The van der Waals surface area contributed by atoms with Gasteiger partial charge in [0.15, 0.2) is 0 Å². The fourth-order valence-electron chi connectivity index (χ4n) is 3.23. The zero-order valence-corrected chi connectivity index (χ0v) is 15.2. The van der Waals surface area contributed by atoms with Crippen LogP contribution in [0.15, 0.2) is 42.5 Å². The van der Waals surface area contributed by atoms with Crippen LogP contribution in [0, 0.1) is 0 Å². The second-order valence-corrected chi connectivity index (χ2v) is 7.07. The summed E-state index contributed by atoms with van der Waals surface area (Å²) >= 11 is 19.3. The van der Waals surface area contributed by atoms with Crippen molar-refractivity contribution in [3.05, 3.63) is 68.7 Å². The molecule has 1 aliphatic heterocycles. The largest absolute Gasteiger partial charge is 0.366 e. The van der Waals surface area contributed by atoms with E-state index in [4.69, 9.17) is 40.5 Å². The number of anilines is 2.